The summed E-state index contributed by atoms with van der Waals surface area (Å²) in [5, 5.41) is 17.4. The number of aliphatic hydroxyl groups is 1. The lowest BCUT2D eigenvalue weighted by atomic mass is 10.2. The van der Waals surface area contributed by atoms with E-state index in [1.165, 1.54) is 4.90 Å². The number of carboxylic acid groups (broad SMARTS) is 1. The molecule has 0 saturated carbocycles. The van der Waals surface area contributed by atoms with E-state index in [1.54, 1.807) is 11.9 Å². The molecule has 1 rings (SSSR count). The van der Waals surface area contributed by atoms with Gasteiger partial charge in [-0.2, -0.15) is 0 Å². The van der Waals surface area contributed by atoms with E-state index in [4.69, 9.17) is 14.9 Å². The van der Waals surface area contributed by atoms with Crippen LogP contribution in [-0.2, 0) is 9.53 Å². The number of morpholine rings is 1. The number of hydrogen-bond acceptors (Lipinski definition) is 4. The number of carbonyl (C=O) groups is 2. The third kappa shape index (κ3) is 4.20. The summed E-state index contributed by atoms with van der Waals surface area (Å²) in [6.07, 6.45) is -0.555. The van der Waals surface area contributed by atoms with E-state index in [2.05, 4.69) is 0 Å². The Balaban J connectivity index is 2.48. The SMILES string of the molecule is CN(CCO)C(=O)N1CCOC(CC(=O)O)C1. The largest absolute Gasteiger partial charge is 0.481 e. The van der Waals surface area contributed by atoms with Crippen LogP contribution in [0.4, 0.5) is 4.79 Å². The van der Waals surface area contributed by atoms with Crippen molar-refractivity contribution in [3.63, 3.8) is 0 Å². The topological polar surface area (TPSA) is 90.3 Å². The van der Waals surface area contributed by atoms with Gasteiger partial charge in [0.05, 0.1) is 25.7 Å². The van der Waals surface area contributed by atoms with Crippen LogP contribution in [0, 0.1) is 0 Å². The van der Waals surface area contributed by atoms with Crippen LogP contribution in [0.2, 0.25) is 0 Å². The van der Waals surface area contributed by atoms with Crippen molar-refractivity contribution in [2.45, 2.75) is 12.5 Å². The first kappa shape index (κ1) is 13.7. The van der Waals surface area contributed by atoms with Gasteiger partial charge in [0.15, 0.2) is 0 Å². The summed E-state index contributed by atoms with van der Waals surface area (Å²) in [6, 6.07) is -0.210. The monoisotopic (exact) mass is 246 g/mol. The normalized spacial score (nSPS) is 20.1. The zero-order valence-corrected chi connectivity index (χ0v) is 9.83. The van der Waals surface area contributed by atoms with Gasteiger partial charge in [0.25, 0.3) is 0 Å². The molecule has 0 aromatic rings. The summed E-state index contributed by atoms with van der Waals surface area (Å²) < 4.78 is 5.27. The smallest absolute Gasteiger partial charge is 0.319 e. The Morgan fingerprint density at radius 3 is 2.82 bits per heavy atom. The Kier molecular flexibility index (Phi) is 5.17. The number of ether oxygens (including phenoxy) is 1. The van der Waals surface area contributed by atoms with Crippen LogP contribution in [0.25, 0.3) is 0 Å². The van der Waals surface area contributed by atoms with Gasteiger partial charge in [-0.3, -0.25) is 4.79 Å². The third-order valence-corrected chi connectivity index (χ3v) is 2.57. The summed E-state index contributed by atoms with van der Waals surface area (Å²) in [5.41, 5.74) is 0. The highest BCUT2D eigenvalue weighted by molar-refractivity contribution is 5.74. The molecule has 1 aliphatic heterocycles. The van der Waals surface area contributed by atoms with Crippen LogP contribution in [0.3, 0.4) is 0 Å². The van der Waals surface area contributed by atoms with Crippen molar-refractivity contribution in [1.82, 2.24) is 9.80 Å². The second-order valence-electron chi connectivity index (χ2n) is 3.96. The van der Waals surface area contributed by atoms with Gasteiger partial charge in [0.1, 0.15) is 0 Å². The van der Waals surface area contributed by atoms with Crippen LogP contribution in [0.15, 0.2) is 0 Å². The molecule has 1 fully saturated rings. The first-order valence-electron chi connectivity index (χ1n) is 5.49. The van der Waals surface area contributed by atoms with Crippen LogP contribution in [0.5, 0.6) is 0 Å². The fourth-order valence-corrected chi connectivity index (χ4v) is 1.70. The zero-order valence-electron chi connectivity index (χ0n) is 9.83. The summed E-state index contributed by atoms with van der Waals surface area (Å²) in [5.74, 6) is -0.937. The quantitative estimate of drug-likeness (QED) is 0.678. The number of hydrogen-bond donors (Lipinski definition) is 2. The highest BCUT2D eigenvalue weighted by atomic mass is 16.5. The van der Waals surface area contributed by atoms with E-state index in [0.717, 1.165) is 0 Å². The van der Waals surface area contributed by atoms with Gasteiger partial charge in [-0.1, -0.05) is 0 Å². The summed E-state index contributed by atoms with van der Waals surface area (Å²) >= 11 is 0. The molecule has 98 valence electrons. The van der Waals surface area contributed by atoms with Gasteiger partial charge in [-0.25, -0.2) is 4.79 Å². The van der Waals surface area contributed by atoms with Crippen molar-refractivity contribution in [2.24, 2.45) is 0 Å². The average Bonchev–Trinajstić information content (AvgIpc) is 2.28. The molecule has 7 nitrogen and oxygen atoms in total. The fourth-order valence-electron chi connectivity index (χ4n) is 1.70. The van der Waals surface area contributed by atoms with Gasteiger partial charge in [-0.05, 0) is 0 Å². The van der Waals surface area contributed by atoms with Crippen molar-refractivity contribution < 1.29 is 24.5 Å². The molecule has 0 bridgehead atoms. The van der Waals surface area contributed by atoms with Gasteiger partial charge in [-0.15, -0.1) is 0 Å². The van der Waals surface area contributed by atoms with E-state index < -0.39 is 12.1 Å². The minimum Gasteiger partial charge on any atom is -0.481 e. The van der Waals surface area contributed by atoms with Gasteiger partial charge < -0.3 is 24.7 Å². The molecule has 17 heavy (non-hydrogen) atoms. The van der Waals surface area contributed by atoms with Crippen LogP contribution in [0.1, 0.15) is 6.42 Å². The predicted molar refractivity (Wildman–Crippen MR) is 58.7 cm³/mol. The number of nitrogens with zero attached hydrogens (tertiary/aromatic N) is 2. The molecule has 0 aromatic carbocycles. The predicted octanol–water partition coefficient (Wildman–Crippen LogP) is -0.794. The lowest BCUT2D eigenvalue weighted by molar-refractivity contribution is -0.141. The molecule has 1 heterocycles. The molecule has 1 aliphatic rings. The maximum absolute atomic E-state index is 11.9. The standard InChI is InChI=1S/C10H18N2O5/c1-11(2-4-13)10(16)12-3-5-17-8(7-12)6-9(14)15/h8,13H,2-7H2,1H3,(H,14,15). The molecule has 1 saturated heterocycles. The van der Waals surface area contributed by atoms with Crippen LogP contribution >= 0.6 is 0 Å². The molecule has 1 unspecified atom stereocenters. The molecule has 0 aromatic heterocycles. The molecule has 2 N–H and O–H groups in total. The first-order valence-corrected chi connectivity index (χ1v) is 5.49. The maximum Gasteiger partial charge on any atom is 0.319 e. The molecular weight excluding hydrogens is 228 g/mol. The molecule has 0 spiro atoms. The summed E-state index contributed by atoms with van der Waals surface area (Å²) in [6.45, 7) is 1.24. The minimum absolute atomic E-state index is 0.0921. The zero-order chi connectivity index (χ0) is 12.8. The van der Waals surface area contributed by atoms with Gasteiger partial charge >= 0.3 is 12.0 Å². The second kappa shape index (κ2) is 6.41. The Morgan fingerprint density at radius 2 is 2.24 bits per heavy atom. The van der Waals surface area contributed by atoms with Crippen LogP contribution in [-0.4, -0.2) is 78.0 Å². The Morgan fingerprint density at radius 1 is 1.53 bits per heavy atom. The van der Waals surface area contributed by atoms with E-state index in [-0.39, 0.29) is 32.1 Å². The first-order chi connectivity index (χ1) is 8.04. The molecular formula is C10H18N2O5. The van der Waals surface area contributed by atoms with Crippen LogP contribution < -0.4 is 0 Å². The lowest BCUT2D eigenvalue weighted by Gasteiger charge is -2.34. The number of likely N-dealkylation sites (N-methyl/N-ethyl adjacent to an activating group) is 1. The number of aliphatic hydroxyl groups excluding tert-OH is 1. The molecule has 0 radical (unpaired) electrons. The van der Waals surface area contributed by atoms with Crippen molar-refractivity contribution in [2.75, 3.05) is 39.9 Å². The van der Waals surface area contributed by atoms with E-state index in [9.17, 15) is 9.59 Å². The van der Waals surface area contributed by atoms with E-state index in [1.807, 2.05) is 0 Å². The van der Waals surface area contributed by atoms with Crippen molar-refractivity contribution in [1.29, 1.82) is 0 Å². The second-order valence-corrected chi connectivity index (χ2v) is 3.96. The average molecular weight is 246 g/mol. The molecule has 0 aliphatic carbocycles. The maximum atomic E-state index is 11.9. The van der Waals surface area contributed by atoms with Crippen molar-refractivity contribution in [3.05, 3.63) is 0 Å². The number of urea groups is 1. The fraction of sp³-hybridized carbons (Fsp3) is 0.800. The summed E-state index contributed by atoms with van der Waals surface area (Å²) in [4.78, 5) is 25.4. The Hall–Kier alpha value is -1.34. The number of carbonyl (C=O) groups excluding carboxylic acids is 1. The van der Waals surface area contributed by atoms with E-state index >= 15 is 0 Å². The highest BCUT2D eigenvalue weighted by Gasteiger charge is 2.27. The number of rotatable bonds is 4. The summed E-state index contributed by atoms with van der Waals surface area (Å²) in [7, 11) is 1.60. The molecule has 2 amide bonds. The van der Waals surface area contributed by atoms with E-state index in [0.29, 0.717) is 13.2 Å². The number of carboxylic acids is 1. The Bertz CT molecular complexity index is 284. The minimum atomic E-state index is -0.937. The van der Waals surface area contributed by atoms with Crippen molar-refractivity contribution >= 4 is 12.0 Å². The lowest BCUT2D eigenvalue weighted by Crippen LogP contribution is -2.50. The Labute approximate surface area is 99.6 Å². The number of amides is 2. The van der Waals surface area contributed by atoms with Gasteiger partial charge in [0, 0.05) is 26.7 Å². The third-order valence-electron chi connectivity index (χ3n) is 2.57. The number of aliphatic carboxylic acids is 1. The molecule has 7 heteroatoms. The van der Waals surface area contributed by atoms with Crippen molar-refractivity contribution in [3.8, 4) is 0 Å². The highest BCUT2D eigenvalue weighted by Crippen LogP contribution is 2.10. The molecule has 1 atom stereocenters. The van der Waals surface area contributed by atoms with Gasteiger partial charge in [0.2, 0.25) is 0 Å².